The second kappa shape index (κ2) is 15.9. The fraction of sp³-hybridized carbons (Fsp3) is 0.575. The van der Waals surface area contributed by atoms with Crippen LogP contribution in [0.25, 0.3) is 0 Å². The van der Waals surface area contributed by atoms with Crippen LogP contribution in [0.15, 0.2) is 60.7 Å². The Labute approximate surface area is 325 Å². The maximum absolute atomic E-state index is 13.6. The topological polar surface area (TPSA) is 126 Å². The first kappa shape index (κ1) is 39.3. The van der Waals surface area contributed by atoms with Gasteiger partial charge in [0.2, 0.25) is 10.0 Å². The Balaban J connectivity index is 1.25. The second-order valence-electron chi connectivity index (χ2n) is 15.8. The fourth-order valence-corrected chi connectivity index (χ4v) is 11.8. The van der Waals surface area contributed by atoms with Gasteiger partial charge in [0.1, 0.15) is 18.0 Å². The number of sulfone groups is 1. The molecule has 0 unspecified atom stereocenters. The van der Waals surface area contributed by atoms with Gasteiger partial charge in [0, 0.05) is 69.6 Å². The number of nitrogens with one attached hydrogen (secondary N) is 1. The number of nitrogens with zero attached hydrogens (tertiary/aromatic N) is 3. The van der Waals surface area contributed by atoms with Crippen LogP contribution in [0.3, 0.4) is 0 Å². The molecule has 2 saturated heterocycles. The van der Waals surface area contributed by atoms with E-state index in [4.69, 9.17) is 21.1 Å². The van der Waals surface area contributed by atoms with E-state index in [1.165, 1.54) is 0 Å². The Morgan fingerprint density at radius 2 is 1.85 bits per heavy atom. The number of hydrogen-bond acceptors (Lipinski definition) is 10. The summed E-state index contributed by atoms with van der Waals surface area (Å²) in [6.45, 7) is 10.8. The van der Waals surface area contributed by atoms with Gasteiger partial charge < -0.3 is 14.4 Å². The van der Waals surface area contributed by atoms with Crippen molar-refractivity contribution in [1.82, 2.24) is 14.5 Å². The highest BCUT2D eigenvalue weighted by atomic mass is 35.5. The Morgan fingerprint density at radius 3 is 2.63 bits per heavy atom. The Kier molecular flexibility index (Phi) is 11.6. The summed E-state index contributed by atoms with van der Waals surface area (Å²) in [4.78, 5) is 20.6. The zero-order valence-corrected chi connectivity index (χ0v) is 33.7. The molecule has 4 heterocycles. The lowest BCUT2D eigenvalue weighted by atomic mass is 9.63. The number of allylic oxidation sites excluding steroid dienone is 1. The Bertz CT molecular complexity index is 2010. The number of fused-ring (bicyclic) bond motifs is 4. The van der Waals surface area contributed by atoms with Crippen molar-refractivity contribution in [2.24, 2.45) is 11.8 Å². The van der Waals surface area contributed by atoms with E-state index in [0.717, 1.165) is 62.0 Å². The molecule has 5 aliphatic rings. The highest BCUT2D eigenvalue weighted by molar-refractivity contribution is 7.91. The third-order valence-electron chi connectivity index (χ3n) is 12.5. The lowest BCUT2D eigenvalue weighted by molar-refractivity contribution is -0.0980. The molecule has 1 amide bonds. The third kappa shape index (κ3) is 8.41. The lowest BCUT2D eigenvalue weighted by Gasteiger charge is -2.52. The van der Waals surface area contributed by atoms with Gasteiger partial charge in [-0.1, -0.05) is 42.0 Å². The molecular formula is C40H53ClN4O7S2. The van der Waals surface area contributed by atoms with E-state index in [1.807, 2.05) is 24.3 Å². The molecule has 3 fully saturated rings. The smallest absolute Gasteiger partial charge is 0.264 e. The van der Waals surface area contributed by atoms with Crippen LogP contribution in [0.2, 0.25) is 5.02 Å². The Hall–Kier alpha value is -2.94. The molecule has 4 aliphatic heterocycles. The van der Waals surface area contributed by atoms with Crippen molar-refractivity contribution in [1.29, 1.82) is 0 Å². The number of halogens is 1. The number of carbonyl (C=O) groups excluding carboxylic acids is 1. The summed E-state index contributed by atoms with van der Waals surface area (Å²) in [7, 11) is -5.43. The van der Waals surface area contributed by atoms with Crippen molar-refractivity contribution < 1.29 is 31.1 Å². The van der Waals surface area contributed by atoms with Crippen molar-refractivity contribution in [2.45, 2.75) is 68.9 Å². The summed E-state index contributed by atoms with van der Waals surface area (Å²) >= 11 is 6.39. The highest BCUT2D eigenvalue weighted by Gasteiger charge is 2.49. The fourth-order valence-electron chi connectivity index (χ4n) is 8.98. The molecule has 0 spiro atoms. The second-order valence-corrected chi connectivity index (χ2v) is 20.5. The van der Waals surface area contributed by atoms with Crippen LogP contribution >= 0.6 is 11.6 Å². The molecule has 1 N–H and O–H groups in total. The standard InChI is InChI=1S/C40H53ClN4O7S2/c1-28-7-6-15-40(51-3,27-43-17-18-44-19-20-53(47,48)26-35(44)24-43)36-13-10-32(36)23-45-16-5-4-8-30-21-34(41)12-9-33(30)25-52-38-14-11-31(22-37(38)45)39(46)42-54(49,50)29(28)2/h6,9,11-12,14-15,21-22,29,32,35-36H,1,4-5,7-8,10,13,16-20,23-27H2,2-3H3,(H,42,46)/b15-6+/t29-,32+,35+,36-,40+/m1/s1. The summed E-state index contributed by atoms with van der Waals surface area (Å²) < 4.78 is 67.7. The molecule has 5 atom stereocenters. The normalized spacial score (nSPS) is 31.3. The van der Waals surface area contributed by atoms with Crippen LogP contribution in [0, 0.1) is 11.8 Å². The predicted molar refractivity (Wildman–Crippen MR) is 213 cm³/mol. The first-order chi connectivity index (χ1) is 25.8. The molecule has 0 aromatic heterocycles. The average molecular weight is 801 g/mol. The number of sulfonamides is 1. The number of carbonyl (C=O) groups is 1. The van der Waals surface area contributed by atoms with Gasteiger partial charge in [-0.15, -0.1) is 0 Å². The highest BCUT2D eigenvalue weighted by Crippen LogP contribution is 2.47. The van der Waals surface area contributed by atoms with E-state index in [9.17, 15) is 21.6 Å². The largest absolute Gasteiger partial charge is 0.487 e. The van der Waals surface area contributed by atoms with E-state index in [1.54, 1.807) is 32.2 Å². The molecule has 1 aliphatic carbocycles. The summed E-state index contributed by atoms with van der Waals surface area (Å²) in [5, 5.41) is -0.335. The summed E-state index contributed by atoms with van der Waals surface area (Å²) in [5.74, 6) is 0.689. The van der Waals surface area contributed by atoms with Crippen LogP contribution in [0.1, 0.15) is 60.5 Å². The molecule has 11 nitrogen and oxygen atoms in total. The number of piperazine rings is 1. The zero-order valence-electron chi connectivity index (χ0n) is 31.3. The quantitative estimate of drug-likeness (QED) is 0.431. The van der Waals surface area contributed by atoms with Crippen molar-refractivity contribution in [3.8, 4) is 5.75 Å². The first-order valence-corrected chi connectivity index (χ1v) is 22.9. The van der Waals surface area contributed by atoms with Gasteiger partial charge in [-0.3, -0.25) is 14.6 Å². The van der Waals surface area contributed by atoms with Crippen LogP contribution in [0.4, 0.5) is 5.69 Å². The van der Waals surface area contributed by atoms with Crippen LogP contribution in [-0.2, 0) is 37.6 Å². The minimum absolute atomic E-state index is 0.0502. The van der Waals surface area contributed by atoms with Crippen molar-refractivity contribution in [3.63, 3.8) is 0 Å². The number of anilines is 1. The van der Waals surface area contributed by atoms with E-state index in [2.05, 4.69) is 32.1 Å². The number of aryl methyl sites for hydroxylation is 1. The van der Waals surface area contributed by atoms with Gasteiger partial charge in [0.25, 0.3) is 5.91 Å². The summed E-state index contributed by atoms with van der Waals surface area (Å²) in [6.07, 6.45) is 8.99. The zero-order chi connectivity index (χ0) is 38.3. The van der Waals surface area contributed by atoms with Gasteiger partial charge in [-0.2, -0.15) is 0 Å². The predicted octanol–water partition coefficient (Wildman–Crippen LogP) is 4.85. The number of methoxy groups -OCH3 is 1. The lowest BCUT2D eigenvalue weighted by Crippen LogP contribution is -2.63. The van der Waals surface area contributed by atoms with E-state index >= 15 is 0 Å². The number of rotatable bonds is 3. The van der Waals surface area contributed by atoms with E-state index in [-0.39, 0.29) is 34.9 Å². The van der Waals surface area contributed by atoms with Gasteiger partial charge in [-0.25, -0.2) is 21.6 Å². The molecule has 294 valence electrons. The van der Waals surface area contributed by atoms with E-state index in [0.29, 0.717) is 62.1 Å². The number of amides is 1. The maximum atomic E-state index is 13.6. The molecule has 2 aromatic rings. The minimum atomic E-state index is -4.10. The van der Waals surface area contributed by atoms with Crippen molar-refractivity contribution in [2.75, 3.05) is 69.3 Å². The van der Waals surface area contributed by atoms with Gasteiger partial charge >= 0.3 is 0 Å². The first-order valence-electron chi connectivity index (χ1n) is 19.2. The molecule has 54 heavy (non-hydrogen) atoms. The monoisotopic (exact) mass is 800 g/mol. The molecule has 2 aromatic carbocycles. The maximum Gasteiger partial charge on any atom is 0.264 e. The number of benzene rings is 2. The van der Waals surface area contributed by atoms with Crippen LogP contribution in [-0.4, -0.2) is 114 Å². The Morgan fingerprint density at radius 1 is 1.02 bits per heavy atom. The third-order valence-corrected chi connectivity index (χ3v) is 16.1. The average Bonchev–Trinajstić information content (AvgIpc) is 3.14. The van der Waals surface area contributed by atoms with Crippen LogP contribution < -0.4 is 14.4 Å². The molecule has 2 bridgehead atoms. The molecule has 1 saturated carbocycles. The minimum Gasteiger partial charge on any atom is -0.487 e. The van der Waals surface area contributed by atoms with Crippen molar-refractivity contribution >= 4 is 43.1 Å². The number of hydrogen-bond donors (Lipinski definition) is 1. The SMILES string of the molecule is C=C1C/C=C/[C@@](CN2CCN3CCS(=O)(=O)C[C@@H]3C2)(OC)[C@@H]2CC[C@H]2CN2CCCCc3cc(Cl)ccc3COc3ccc(cc32)C(=O)NS(=O)(=O)[C@@H]1C. The summed E-state index contributed by atoms with van der Waals surface area (Å²) in [5.41, 5.74) is 2.94. The molecule has 7 rings (SSSR count). The van der Waals surface area contributed by atoms with Gasteiger partial charge in [0.15, 0.2) is 9.84 Å². The summed E-state index contributed by atoms with van der Waals surface area (Å²) in [6, 6.07) is 11.0. The van der Waals surface area contributed by atoms with Crippen molar-refractivity contribution in [3.05, 3.63) is 82.4 Å². The van der Waals surface area contributed by atoms with Gasteiger partial charge in [0.05, 0.1) is 22.4 Å². The van der Waals surface area contributed by atoms with E-state index < -0.39 is 36.6 Å². The molecule has 14 heteroatoms. The van der Waals surface area contributed by atoms with Crippen LogP contribution in [0.5, 0.6) is 5.75 Å². The number of ether oxygens (including phenoxy) is 2. The molecule has 0 radical (unpaired) electrons. The molecular weight excluding hydrogens is 748 g/mol. The van der Waals surface area contributed by atoms with Gasteiger partial charge in [-0.05, 0) is 98.7 Å².